The molecule has 0 radical (unpaired) electrons. The van der Waals surface area contributed by atoms with E-state index in [0.717, 1.165) is 0 Å². The molecule has 0 aromatic rings. The maximum Gasteiger partial charge on any atom is 0.401 e. The Balaban J connectivity index is 4.11. The minimum Gasteiger partial charge on any atom is -0.300 e. The summed E-state index contributed by atoms with van der Waals surface area (Å²) in [5, 5.41) is 12.1. The fourth-order valence-electron chi connectivity index (χ4n) is 1.83. The van der Waals surface area contributed by atoms with Gasteiger partial charge in [0.15, 0.2) is 0 Å². The van der Waals surface area contributed by atoms with Crippen LogP contribution in [0.15, 0.2) is 0 Å². The van der Waals surface area contributed by atoms with Crippen molar-refractivity contribution in [1.29, 1.82) is 5.26 Å². The Kier molecular flexibility index (Phi) is 7.26. The number of nitriles is 1. The van der Waals surface area contributed by atoms with Gasteiger partial charge in [-0.25, -0.2) is 0 Å². The predicted octanol–water partition coefficient (Wildman–Crippen LogP) is 2.54. The third-order valence-corrected chi connectivity index (χ3v) is 2.81. The number of nitrogens with zero attached hydrogens (tertiary/aromatic N) is 2. The average molecular weight is 265 g/mol. The van der Waals surface area contributed by atoms with Crippen LogP contribution >= 0.6 is 0 Å². The van der Waals surface area contributed by atoms with Crippen molar-refractivity contribution in [1.82, 2.24) is 10.2 Å². The highest BCUT2D eigenvalue weighted by Crippen LogP contribution is 2.17. The SMILES string of the molecule is CCNC(C)(C#N)CCCN(CC)CC(F)(F)F. The Labute approximate surface area is 107 Å². The van der Waals surface area contributed by atoms with Gasteiger partial charge in [0, 0.05) is 0 Å². The first-order valence-corrected chi connectivity index (χ1v) is 6.21. The van der Waals surface area contributed by atoms with Crippen molar-refractivity contribution in [3.05, 3.63) is 0 Å². The molecule has 1 atom stereocenters. The molecule has 0 aliphatic heterocycles. The Morgan fingerprint density at radius 2 is 1.89 bits per heavy atom. The topological polar surface area (TPSA) is 39.1 Å². The molecule has 0 saturated heterocycles. The van der Waals surface area contributed by atoms with Crippen molar-refractivity contribution >= 4 is 0 Å². The summed E-state index contributed by atoms with van der Waals surface area (Å²) in [7, 11) is 0. The molecule has 0 spiro atoms. The van der Waals surface area contributed by atoms with Gasteiger partial charge in [-0.1, -0.05) is 13.8 Å². The Bertz CT molecular complexity index is 273. The second kappa shape index (κ2) is 7.59. The van der Waals surface area contributed by atoms with Crippen LogP contribution in [-0.2, 0) is 0 Å². The Morgan fingerprint density at radius 1 is 1.28 bits per heavy atom. The van der Waals surface area contributed by atoms with Gasteiger partial charge in [0.1, 0.15) is 5.54 Å². The molecule has 0 fully saturated rings. The van der Waals surface area contributed by atoms with Crippen LogP contribution in [0.2, 0.25) is 0 Å². The van der Waals surface area contributed by atoms with E-state index in [0.29, 0.717) is 32.5 Å². The van der Waals surface area contributed by atoms with E-state index in [4.69, 9.17) is 5.26 Å². The van der Waals surface area contributed by atoms with Crippen molar-refractivity contribution in [3.63, 3.8) is 0 Å². The van der Waals surface area contributed by atoms with E-state index in [-0.39, 0.29) is 0 Å². The molecule has 0 rings (SSSR count). The molecule has 1 N–H and O–H groups in total. The van der Waals surface area contributed by atoms with Crippen LogP contribution in [-0.4, -0.2) is 42.8 Å². The maximum atomic E-state index is 12.2. The molecule has 0 aliphatic carbocycles. The summed E-state index contributed by atoms with van der Waals surface area (Å²) >= 11 is 0. The van der Waals surface area contributed by atoms with Crippen molar-refractivity contribution in [2.24, 2.45) is 0 Å². The highest BCUT2D eigenvalue weighted by Gasteiger charge is 2.30. The van der Waals surface area contributed by atoms with Gasteiger partial charge in [-0.15, -0.1) is 0 Å². The summed E-state index contributed by atoms with van der Waals surface area (Å²) in [6, 6.07) is 2.17. The summed E-state index contributed by atoms with van der Waals surface area (Å²) in [6.07, 6.45) is -3.04. The van der Waals surface area contributed by atoms with Crippen LogP contribution in [0.5, 0.6) is 0 Å². The number of halogens is 3. The lowest BCUT2D eigenvalue weighted by Crippen LogP contribution is -2.42. The molecule has 0 aliphatic rings. The van der Waals surface area contributed by atoms with Crippen molar-refractivity contribution < 1.29 is 13.2 Å². The number of hydrogen-bond donors (Lipinski definition) is 1. The van der Waals surface area contributed by atoms with Crippen molar-refractivity contribution in [2.45, 2.75) is 45.3 Å². The van der Waals surface area contributed by atoms with Crippen molar-refractivity contribution in [3.8, 4) is 6.07 Å². The molecule has 18 heavy (non-hydrogen) atoms. The van der Waals surface area contributed by atoms with Gasteiger partial charge in [-0.3, -0.25) is 10.2 Å². The largest absolute Gasteiger partial charge is 0.401 e. The second-order valence-electron chi connectivity index (χ2n) is 4.56. The lowest BCUT2D eigenvalue weighted by molar-refractivity contribution is -0.145. The summed E-state index contributed by atoms with van der Waals surface area (Å²) in [6.45, 7) is 5.90. The summed E-state index contributed by atoms with van der Waals surface area (Å²) in [4.78, 5) is 1.35. The summed E-state index contributed by atoms with van der Waals surface area (Å²) in [5.74, 6) is 0. The smallest absolute Gasteiger partial charge is 0.300 e. The van der Waals surface area contributed by atoms with Gasteiger partial charge in [-0.05, 0) is 39.4 Å². The standard InChI is InChI=1S/C12H22F3N3/c1-4-17-11(3,9-16)7-6-8-18(5-2)10-12(13,14)15/h17H,4-8,10H2,1-3H3. The number of rotatable bonds is 8. The molecule has 0 aromatic heterocycles. The van der Waals surface area contributed by atoms with Gasteiger partial charge in [0.2, 0.25) is 0 Å². The minimum atomic E-state index is -4.16. The first kappa shape index (κ1) is 17.2. The molecular weight excluding hydrogens is 243 g/mol. The Hall–Kier alpha value is -0.800. The highest BCUT2D eigenvalue weighted by molar-refractivity contribution is 5.03. The van der Waals surface area contributed by atoms with Gasteiger partial charge in [0.05, 0.1) is 12.6 Å². The van der Waals surface area contributed by atoms with E-state index >= 15 is 0 Å². The first-order chi connectivity index (χ1) is 8.26. The molecule has 0 saturated carbocycles. The molecule has 0 heterocycles. The van der Waals surface area contributed by atoms with Crippen LogP contribution in [0.25, 0.3) is 0 Å². The maximum absolute atomic E-state index is 12.2. The van der Waals surface area contributed by atoms with Crippen LogP contribution in [0.4, 0.5) is 13.2 Å². The normalized spacial score (nSPS) is 15.4. The fraction of sp³-hybridized carbons (Fsp3) is 0.917. The third kappa shape index (κ3) is 7.51. The zero-order chi connectivity index (χ0) is 14.2. The van der Waals surface area contributed by atoms with Crippen LogP contribution in [0.1, 0.15) is 33.6 Å². The van der Waals surface area contributed by atoms with E-state index < -0.39 is 18.3 Å². The van der Waals surface area contributed by atoms with Gasteiger partial charge >= 0.3 is 6.18 Å². The lowest BCUT2D eigenvalue weighted by atomic mass is 9.97. The molecule has 3 nitrogen and oxygen atoms in total. The van der Waals surface area contributed by atoms with E-state index in [1.807, 2.05) is 6.92 Å². The molecular formula is C12H22F3N3. The van der Waals surface area contributed by atoms with Gasteiger partial charge in [0.25, 0.3) is 0 Å². The highest BCUT2D eigenvalue weighted by atomic mass is 19.4. The second-order valence-corrected chi connectivity index (χ2v) is 4.56. The lowest BCUT2D eigenvalue weighted by Gasteiger charge is -2.25. The zero-order valence-electron chi connectivity index (χ0n) is 11.3. The monoisotopic (exact) mass is 265 g/mol. The molecule has 0 aromatic carbocycles. The predicted molar refractivity (Wildman–Crippen MR) is 65.1 cm³/mol. The molecule has 0 amide bonds. The van der Waals surface area contributed by atoms with Gasteiger partial charge in [-0.2, -0.15) is 18.4 Å². The van der Waals surface area contributed by atoms with Crippen molar-refractivity contribution in [2.75, 3.05) is 26.2 Å². The molecule has 0 bridgehead atoms. The van der Waals surface area contributed by atoms with Gasteiger partial charge < -0.3 is 0 Å². The fourth-order valence-corrected chi connectivity index (χ4v) is 1.83. The molecule has 6 heteroatoms. The van der Waals surface area contributed by atoms with Crippen LogP contribution in [0, 0.1) is 11.3 Å². The average Bonchev–Trinajstić information content (AvgIpc) is 2.26. The van der Waals surface area contributed by atoms with E-state index in [2.05, 4.69) is 11.4 Å². The Morgan fingerprint density at radius 3 is 2.28 bits per heavy atom. The third-order valence-electron chi connectivity index (χ3n) is 2.81. The van der Waals surface area contributed by atoms with E-state index in [1.165, 1.54) is 4.90 Å². The summed E-state index contributed by atoms with van der Waals surface area (Å²) in [5.41, 5.74) is -0.646. The quantitative estimate of drug-likeness (QED) is 0.733. The number of nitrogens with one attached hydrogen (secondary N) is 1. The molecule has 1 unspecified atom stereocenters. The van der Waals surface area contributed by atoms with Crippen LogP contribution in [0.3, 0.4) is 0 Å². The first-order valence-electron chi connectivity index (χ1n) is 6.21. The number of alkyl halides is 3. The van der Waals surface area contributed by atoms with E-state index in [1.54, 1.807) is 13.8 Å². The number of hydrogen-bond acceptors (Lipinski definition) is 3. The molecule has 106 valence electrons. The summed E-state index contributed by atoms with van der Waals surface area (Å²) < 4.78 is 36.7. The zero-order valence-corrected chi connectivity index (χ0v) is 11.3. The minimum absolute atomic E-state index is 0.360. The van der Waals surface area contributed by atoms with E-state index in [9.17, 15) is 13.2 Å². The van der Waals surface area contributed by atoms with Crippen LogP contribution < -0.4 is 5.32 Å².